The van der Waals surface area contributed by atoms with Crippen LogP contribution in [0.4, 0.5) is 0 Å². The zero-order valence-corrected chi connectivity index (χ0v) is 27.8. The van der Waals surface area contributed by atoms with Crippen LogP contribution >= 0.6 is 0 Å². The van der Waals surface area contributed by atoms with Gasteiger partial charge < -0.3 is 20.2 Å². The fourth-order valence-corrected chi connectivity index (χ4v) is 11.9. The van der Waals surface area contributed by atoms with Gasteiger partial charge in [-0.05, 0) is 110 Å². The number of piperazine rings is 1. The maximum Gasteiger partial charge on any atom is 0.240 e. The smallest absolute Gasteiger partial charge is 0.240 e. The number of aliphatic hydroxyl groups is 3. The summed E-state index contributed by atoms with van der Waals surface area (Å²) in [6, 6.07) is 9.77. The van der Waals surface area contributed by atoms with Crippen molar-refractivity contribution in [2.75, 3.05) is 32.7 Å². The molecule has 6 aliphatic rings. The van der Waals surface area contributed by atoms with Crippen LogP contribution in [0.15, 0.2) is 36.5 Å². The number of amides is 1. The summed E-state index contributed by atoms with van der Waals surface area (Å²) < 4.78 is 0. The zero-order chi connectivity index (χ0) is 31.8. The minimum atomic E-state index is -0.905. The first-order valence-electron chi connectivity index (χ1n) is 18.3. The molecule has 3 heterocycles. The molecule has 8 nitrogen and oxygen atoms in total. The first-order valence-corrected chi connectivity index (χ1v) is 18.3. The van der Waals surface area contributed by atoms with Crippen molar-refractivity contribution in [3.8, 4) is 0 Å². The molecular formula is C38H54N4O4. The van der Waals surface area contributed by atoms with Crippen molar-refractivity contribution in [2.24, 2.45) is 34.5 Å². The Morgan fingerprint density at radius 1 is 0.913 bits per heavy atom. The summed E-state index contributed by atoms with van der Waals surface area (Å²) in [5, 5.41) is 35.8. The summed E-state index contributed by atoms with van der Waals surface area (Å²) in [6.07, 6.45) is 11.0. The van der Waals surface area contributed by atoms with Crippen molar-refractivity contribution in [3.63, 3.8) is 0 Å². The van der Waals surface area contributed by atoms with E-state index in [9.17, 15) is 20.1 Å². The molecule has 11 atom stereocenters. The Morgan fingerprint density at radius 2 is 1.67 bits per heavy atom. The van der Waals surface area contributed by atoms with Crippen molar-refractivity contribution in [1.82, 2.24) is 19.7 Å². The number of hydrogen-bond donors (Lipinski definition) is 3. The van der Waals surface area contributed by atoms with Gasteiger partial charge in [-0.1, -0.05) is 38.1 Å². The molecule has 8 rings (SSSR count). The van der Waals surface area contributed by atoms with Crippen LogP contribution in [0.2, 0.25) is 0 Å². The van der Waals surface area contributed by atoms with Gasteiger partial charge in [0.1, 0.15) is 0 Å². The normalized spacial score (nSPS) is 42.4. The highest BCUT2D eigenvalue weighted by molar-refractivity contribution is 5.83. The second-order valence-corrected chi connectivity index (χ2v) is 16.5. The molecule has 2 aliphatic heterocycles. The predicted octanol–water partition coefficient (Wildman–Crippen LogP) is 4.58. The number of rotatable bonds is 4. The summed E-state index contributed by atoms with van der Waals surface area (Å²) in [7, 11) is 0. The highest BCUT2D eigenvalue weighted by Crippen LogP contribution is 2.66. The van der Waals surface area contributed by atoms with E-state index < -0.39 is 6.23 Å². The third-order valence-electron chi connectivity index (χ3n) is 14.5. The molecule has 11 unspecified atom stereocenters. The number of nitrogens with zero attached hydrogens (tertiary/aromatic N) is 4. The molecule has 4 saturated carbocycles. The van der Waals surface area contributed by atoms with Crippen LogP contribution in [0.25, 0.3) is 10.8 Å². The summed E-state index contributed by atoms with van der Waals surface area (Å²) in [5.41, 5.74) is 0.918. The number of aromatic nitrogens is 1. The molecule has 0 radical (unpaired) electrons. The van der Waals surface area contributed by atoms with Crippen LogP contribution in [0.5, 0.6) is 0 Å². The van der Waals surface area contributed by atoms with E-state index in [4.69, 9.17) is 0 Å². The number of aliphatic hydroxyl groups excluding tert-OH is 3. The van der Waals surface area contributed by atoms with Crippen molar-refractivity contribution < 1.29 is 20.1 Å². The molecule has 0 bridgehead atoms. The molecule has 1 amide bonds. The van der Waals surface area contributed by atoms with Gasteiger partial charge in [-0.2, -0.15) is 0 Å². The molecule has 1 aromatic heterocycles. The Hall–Kier alpha value is -2.10. The Balaban J connectivity index is 0.920. The average Bonchev–Trinajstić information content (AvgIpc) is 3.68. The minimum Gasteiger partial charge on any atom is -0.393 e. The van der Waals surface area contributed by atoms with Gasteiger partial charge in [-0.3, -0.25) is 19.6 Å². The lowest BCUT2D eigenvalue weighted by Crippen LogP contribution is -2.62. The largest absolute Gasteiger partial charge is 0.393 e. The molecular weight excluding hydrogens is 576 g/mol. The lowest BCUT2D eigenvalue weighted by molar-refractivity contribution is -0.158. The molecule has 46 heavy (non-hydrogen) atoms. The predicted molar refractivity (Wildman–Crippen MR) is 177 cm³/mol. The van der Waals surface area contributed by atoms with Gasteiger partial charge in [0, 0.05) is 50.3 Å². The monoisotopic (exact) mass is 630 g/mol. The van der Waals surface area contributed by atoms with Gasteiger partial charge in [0.05, 0.1) is 23.9 Å². The number of likely N-dealkylation sites (tertiary alicyclic amines) is 1. The van der Waals surface area contributed by atoms with Crippen LogP contribution in [0.3, 0.4) is 0 Å². The number of carbonyl (C=O) groups excluding carboxylic acids is 1. The number of carbonyl (C=O) groups is 1. The molecule has 0 spiro atoms. The van der Waals surface area contributed by atoms with Crippen LogP contribution < -0.4 is 0 Å². The zero-order valence-electron chi connectivity index (χ0n) is 27.8. The molecule has 6 fully saturated rings. The second-order valence-electron chi connectivity index (χ2n) is 16.5. The first kappa shape index (κ1) is 31.2. The first-order chi connectivity index (χ1) is 22.2. The van der Waals surface area contributed by atoms with Crippen molar-refractivity contribution in [2.45, 2.75) is 109 Å². The summed E-state index contributed by atoms with van der Waals surface area (Å²) in [5.74, 6) is 2.73. The van der Waals surface area contributed by atoms with Crippen molar-refractivity contribution >= 4 is 16.7 Å². The molecule has 2 saturated heterocycles. The fourth-order valence-electron chi connectivity index (χ4n) is 11.9. The van der Waals surface area contributed by atoms with Crippen molar-refractivity contribution in [3.05, 3.63) is 42.2 Å². The number of pyridine rings is 1. The average molecular weight is 631 g/mol. The molecule has 250 valence electrons. The van der Waals surface area contributed by atoms with Gasteiger partial charge in [0.2, 0.25) is 5.91 Å². The van der Waals surface area contributed by atoms with E-state index in [1.807, 2.05) is 40.1 Å². The second kappa shape index (κ2) is 11.8. The van der Waals surface area contributed by atoms with Crippen LogP contribution in [0, 0.1) is 34.5 Å². The lowest BCUT2D eigenvalue weighted by Gasteiger charge is -2.62. The number of fused-ring (bicyclic) bond motifs is 6. The maximum absolute atomic E-state index is 13.9. The van der Waals surface area contributed by atoms with Gasteiger partial charge in [-0.25, -0.2) is 0 Å². The van der Waals surface area contributed by atoms with Gasteiger partial charge in [0.25, 0.3) is 0 Å². The topological polar surface area (TPSA) is 100 Å². The van der Waals surface area contributed by atoms with Gasteiger partial charge in [-0.15, -0.1) is 0 Å². The molecule has 3 N–H and O–H groups in total. The molecule has 4 aliphatic carbocycles. The quantitative estimate of drug-likeness (QED) is 0.455. The van der Waals surface area contributed by atoms with Crippen LogP contribution in [0.1, 0.15) is 90.0 Å². The summed E-state index contributed by atoms with van der Waals surface area (Å²) in [6.45, 7) is 8.50. The van der Waals surface area contributed by atoms with E-state index in [1.54, 1.807) is 6.20 Å². The Labute approximate surface area is 274 Å². The Morgan fingerprint density at radius 3 is 2.48 bits per heavy atom. The highest BCUT2D eigenvalue weighted by Gasteiger charge is 2.61. The van der Waals surface area contributed by atoms with Gasteiger partial charge in [0.15, 0.2) is 6.23 Å². The molecule has 2 aromatic rings. The summed E-state index contributed by atoms with van der Waals surface area (Å²) >= 11 is 0. The SMILES string of the molecule is CC12CCC3C(CCC4CC(O)C(N5CCN(C(=O)C6CCCN6C(O)c6cc7ccccc7cn6)CC5)CC43C)C1CCC2O. The van der Waals surface area contributed by atoms with E-state index in [1.165, 1.54) is 25.7 Å². The Kier molecular flexibility index (Phi) is 8.00. The number of hydrogen-bond acceptors (Lipinski definition) is 7. The number of benzene rings is 1. The van der Waals surface area contributed by atoms with Gasteiger partial charge >= 0.3 is 0 Å². The van der Waals surface area contributed by atoms with E-state index in [0.29, 0.717) is 49.0 Å². The maximum atomic E-state index is 13.9. The standard InChI is InChI=1S/C38H54N4O4/c1-37-14-13-29-27(28(37)11-12-34(37)44)10-9-26-21-33(43)32(22-38(26,29)2)40-16-18-41(19-17-40)36(46)31-8-5-15-42(31)35(45)30-20-24-6-3-4-7-25(24)23-39-30/h3-4,6-7,20,23,26-29,31-35,43-45H,5,8-19,21-22H2,1-2H3. The highest BCUT2D eigenvalue weighted by atomic mass is 16.3. The summed E-state index contributed by atoms with van der Waals surface area (Å²) in [4.78, 5) is 24.9. The minimum absolute atomic E-state index is 0.0950. The van der Waals surface area contributed by atoms with Crippen LogP contribution in [-0.2, 0) is 4.79 Å². The van der Waals surface area contributed by atoms with Crippen LogP contribution in [-0.4, -0.2) is 97.9 Å². The van der Waals surface area contributed by atoms with E-state index in [-0.39, 0.29) is 41.0 Å². The van der Waals surface area contributed by atoms with E-state index in [0.717, 1.165) is 62.4 Å². The van der Waals surface area contributed by atoms with E-state index in [2.05, 4.69) is 23.7 Å². The Bertz CT molecular complexity index is 1450. The molecule has 8 heteroatoms. The fraction of sp³-hybridized carbons (Fsp3) is 0.737. The van der Waals surface area contributed by atoms with E-state index >= 15 is 0 Å². The third-order valence-corrected chi connectivity index (χ3v) is 14.5. The molecule has 1 aromatic carbocycles. The van der Waals surface area contributed by atoms with Crippen molar-refractivity contribution in [1.29, 1.82) is 0 Å². The lowest BCUT2D eigenvalue weighted by atomic mass is 9.44. The third kappa shape index (κ3) is 4.96.